The third kappa shape index (κ3) is 6.49. The number of phenolic OH excluding ortho intramolecular Hbond substituents is 1. The van der Waals surface area contributed by atoms with Crippen LogP contribution in [-0.4, -0.2) is 95.0 Å². The van der Waals surface area contributed by atoms with Crippen LogP contribution in [0.2, 0.25) is 0 Å². The molecule has 276 valence electrons. The number of phenols is 1. The van der Waals surface area contributed by atoms with Gasteiger partial charge in [0.1, 0.15) is 28.7 Å². The Morgan fingerprint density at radius 2 is 1.92 bits per heavy atom. The quantitative estimate of drug-likeness (QED) is 0.249. The standard InChI is InChI=1S/C41H49F2N5O4/c1-6-28-31(42)9-8-24-15-27(49)16-30(32(24)28)33-35(43)37-34(29(7-2)36(33)44-23(3)4)38(48-12-13-51-21-40(5,50)19-48)46-39(45-37)52-22-41(10-11-41)20-47-17-25-14-26(25)18-47/h7-9,15-16,23,25-26,49-50H,6,10-14,17-22H2,1-5H3/b29-7-,44-36?. The van der Waals surface area contributed by atoms with Crippen molar-refractivity contribution >= 4 is 39.3 Å². The van der Waals surface area contributed by atoms with E-state index in [9.17, 15) is 10.2 Å². The molecule has 2 aromatic carbocycles. The SMILES string of the molecule is C/C=C1\C(=NC(C)C)C(c2cc(O)cc3ccc(F)c(CC)c23)=C(F)c2nc(OCC3(CN4CC5CC5C4)CC3)nc(N3CCOCC(C)(O)C3)c21. The van der Waals surface area contributed by atoms with Gasteiger partial charge in [-0.2, -0.15) is 9.97 Å². The maximum absolute atomic E-state index is 17.8. The number of likely N-dealkylation sites (tertiary alicyclic amines) is 1. The van der Waals surface area contributed by atoms with Gasteiger partial charge in [-0.1, -0.05) is 19.1 Å². The van der Waals surface area contributed by atoms with Crippen LogP contribution < -0.4 is 9.64 Å². The lowest BCUT2D eigenvalue weighted by atomic mass is 9.81. The summed E-state index contributed by atoms with van der Waals surface area (Å²) in [5, 5.41) is 23.3. The van der Waals surface area contributed by atoms with Gasteiger partial charge in [-0.15, -0.1) is 0 Å². The predicted molar refractivity (Wildman–Crippen MR) is 200 cm³/mol. The summed E-state index contributed by atoms with van der Waals surface area (Å²) in [7, 11) is 0. The van der Waals surface area contributed by atoms with Gasteiger partial charge in [0.2, 0.25) is 0 Å². The van der Waals surface area contributed by atoms with E-state index < -0.39 is 17.2 Å². The lowest BCUT2D eigenvalue weighted by molar-refractivity contribution is -0.0123. The van der Waals surface area contributed by atoms with Gasteiger partial charge < -0.3 is 29.5 Å². The van der Waals surface area contributed by atoms with Crippen LogP contribution in [0.25, 0.3) is 27.7 Å². The van der Waals surface area contributed by atoms with Gasteiger partial charge in [-0.05, 0) is 105 Å². The highest BCUT2D eigenvalue weighted by Crippen LogP contribution is 2.52. The van der Waals surface area contributed by atoms with Crippen LogP contribution in [0.4, 0.5) is 14.6 Å². The summed E-state index contributed by atoms with van der Waals surface area (Å²) in [5.41, 5.74) is 1.15. The molecule has 0 bridgehead atoms. The topological polar surface area (TPSA) is 104 Å². The fraction of sp³-hybridized carbons (Fsp3) is 0.537. The second-order valence-electron chi connectivity index (χ2n) is 16.2. The number of aryl methyl sites for hydroxylation is 1. The Hall–Kier alpha value is -3.93. The van der Waals surface area contributed by atoms with Crippen molar-refractivity contribution in [2.45, 2.75) is 71.9 Å². The molecule has 52 heavy (non-hydrogen) atoms. The normalized spacial score (nSPS) is 27.1. The predicted octanol–water partition coefficient (Wildman–Crippen LogP) is 6.84. The summed E-state index contributed by atoms with van der Waals surface area (Å²) in [4.78, 5) is 19.3. The fourth-order valence-electron chi connectivity index (χ4n) is 8.59. The number of aliphatic hydroxyl groups is 1. The molecule has 8 rings (SSSR count). The number of aromatic nitrogens is 2. The van der Waals surface area contributed by atoms with Crippen LogP contribution >= 0.6 is 0 Å². The minimum atomic E-state index is -1.19. The van der Waals surface area contributed by atoms with E-state index in [4.69, 9.17) is 24.4 Å². The first-order valence-electron chi connectivity index (χ1n) is 18.8. The molecule has 0 amide bonds. The number of nitrogens with zero attached hydrogens (tertiary/aromatic N) is 5. The molecule has 0 radical (unpaired) electrons. The van der Waals surface area contributed by atoms with E-state index >= 15 is 8.78 Å². The number of hydrogen-bond donors (Lipinski definition) is 2. The van der Waals surface area contributed by atoms with E-state index in [2.05, 4.69) is 4.90 Å². The van der Waals surface area contributed by atoms with Gasteiger partial charge in [-0.25, -0.2) is 8.78 Å². The third-order valence-electron chi connectivity index (χ3n) is 11.3. The van der Waals surface area contributed by atoms with Crippen molar-refractivity contribution in [1.29, 1.82) is 0 Å². The largest absolute Gasteiger partial charge is 0.508 e. The Labute approximate surface area is 304 Å². The Bertz CT molecular complexity index is 2010. The molecule has 1 aromatic heterocycles. The zero-order valence-electron chi connectivity index (χ0n) is 30.8. The third-order valence-corrected chi connectivity index (χ3v) is 11.3. The number of piperidine rings is 1. The highest BCUT2D eigenvalue weighted by molar-refractivity contribution is 6.51. The summed E-state index contributed by atoms with van der Waals surface area (Å²) < 4.78 is 45.5. The molecule has 9 nitrogen and oxygen atoms in total. The number of rotatable bonds is 9. The number of β-amino-alcohol motifs (C(OH)–C–C–N with tert-alkyl or cyclic N) is 1. The van der Waals surface area contributed by atoms with E-state index in [1.165, 1.54) is 18.6 Å². The molecule has 3 aromatic rings. The summed E-state index contributed by atoms with van der Waals surface area (Å²) >= 11 is 0. The molecule has 2 aliphatic heterocycles. The molecule has 3 heterocycles. The number of allylic oxidation sites excluding steroid dienone is 3. The van der Waals surface area contributed by atoms with Crippen molar-refractivity contribution in [2.24, 2.45) is 22.2 Å². The maximum atomic E-state index is 17.8. The fourth-order valence-corrected chi connectivity index (χ4v) is 8.59. The van der Waals surface area contributed by atoms with Gasteiger partial charge in [0.15, 0.2) is 5.83 Å². The van der Waals surface area contributed by atoms with Crippen LogP contribution in [0.3, 0.4) is 0 Å². The van der Waals surface area contributed by atoms with Crippen LogP contribution in [0.5, 0.6) is 11.8 Å². The Morgan fingerprint density at radius 3 is 2.62 bits per heavy atom. The van der Waals surface area contributed by atoms with E-state index in [0.29, 0.717) is 70.7 Å². The number of anilines is 1. The summed E-state index contributed by atoms with van der Waals surface area (Å²) in [6, 6.07) is 5.87. The van der Waals surface area contributed by atoms with Gasteiger partial charge in [0, 0.05) is 48.8 Å². The van der Waals surface area contributed by atoms with Crippen molar-refractivity contribution in [3.63, 3.8) is 0 Å². The second kappa shape index (κ2) is 13.2. The molecule has 2 saturated carbocycles. The lowest BCUT2D eigenvalue weighted by Gasteiger charge is -2.33. The summed E-state index contributed by atoms with van der Waals surface area (Å²) in [6.07, 6.45) is 5.70. The first-order valence-corrected chi connectivity index (χ1v) is 18.8. The first kappa shape index (κ1) is 35.1. The number of benzene rings is 2. The average Bonchev–Trinajstić information content (AvgIpc) is 4.01. The second-order valence-corrected chi connectivity index (χ2v) is 16.2. The van der Waals surface area contributed by atoms with Crippen molar-refractivity contribution < 1.29 is 28.5 Å². The van der Waals surface area contributed by atoms with Gasteiger partial charge in [-0.3, -0.25) is 4.99 Å². The molecular formula is C41H49F2N5O4. The highest BCUT2D eigenvalue weighted by atomic mass is 19.1. The summed E-state index contributed by atoms with van der Waals surface area (Å²) in [6.45, 7) is 14.1. The zero-order chi connectivity index (χ0) is 36.5. The molecule has 3 unspecified atom stereocenters. The van der Waals surface area contributed by atoms with Gasteiger partial charge in [0.05, 0.1) is 37.6 Å². The van der Waals surface area contributed by atoms with Gasteiger partial charge >= 0.3 is 6.01 Å². The molecular weight excluding hydrogens is 664 g/mol. The lowest BCUT2D eigenvalue weighted by Crippen LogP contribution is -2.42. The number of fused-ring (bicyclic) bond motifs is 3. The molecule has 3 atom stereocenters. The molecule has 0 spiro atoms. The number of halogens is 2. The average molecular weight is 714 g/mol. The molecule has 2 N–H and O–H groups in total. The van der Waals surface area contributed by atoms with E-state index in [0.717, 1.165) is 44.3 Å². The molecule has 5 aliphatic rings. The van der Waals surface area contributed by atoms with Crippen LogP contribution in [0.15, 0.2) is 35.3 Å². The Balaban J connectivity index is 1.31. The molecule has 4 fully saturated rings. The van der Waals surface area contributed by atoms with Crippen molar-refractivity contribution in [3.05, 3.63) is 58.5 Å². The van der Waals surface area contributed by atoms with E-state index in [1.54, 1.807) is 19.1 Å². The minimum Gasteiger partial charge on any atom is -0.508 e. The van der Waals surface area contributed by atoms with Crippen molar-refractivity contribution in [3.8, 4) is 11.8 Å². The Kier molecular flexibility index (Phi) is 8.90. The molecule has 11 heteroatoms. The molecule has 2 saturated heterocycles. The van der Waals surface area contributed by atoms with E-state index in [-0.39, 0.29) is 47.6 Å². The first-order chi connectivity index (χ1) is 24.9. The summed E-state index contributed by atoms with van der Waals surface area (Å²) in [5.74, 6) is 0.985. The minimum absolute atomic E-state index is 0.0164. The number of aliphatic imine (C=N–C) groups is 1. The van der Waals surface area contributed by atoms with Gasteiger partial charge in [0.25, 0.3) is 0 Å². The number of hydrogen-bond acceptors (Lipinski definition) is 9. The van der Waals surface area contributed by atoms with Crippen molar-refractivity contribution in [1.82, 2.24) is 14.9 Å². The zero-order valence-corrected chi connectivity index (χ0v) is 30.8. The molecule has 3 aliphatic carbocycles. The number of aromatic hydroxyl groups is 1. The Morgan fingerprint density at radius 1 is 1.15 bits per heavy atom. The monoisotopic (exact) mass is 713 g/mol. The maximum Gasteiger partial charge on any atom is 0.319 e. The van der Waals surface area contributed by atoms with Crippen molar-refractivity contribution in [2.75, 3.05) is 57.4 Å². The van der Waals surface area contributed by atoms with Crippen LogP contribution in [0.1, 0.15) is 76.3 Å². The highest BCUT2D eigenvalue weighted by Gasteiger charge is 2.51. The number of ether oxygens (including phenoxy) is 2. The van der Waals surface area contributed by atoms with Crippen LogP contribution in [-0.2, 0) is 11.2 Å². The van der Waals surface area contributed by atoms with E-state index in [1.807, 2.05) is 38.7 Å². The van der Waals surface area contributed by atoms with Crippen LogP contribution in [0, 0.1) is 23.1 Å². The smallest absolute Gasteiger partial charge is 0.319 e.